The monoisotopic (exact) mass is 394 g/mol. The Balaban J connectivity index is 2.32. The molecule has 2 heterocycles. The normalized spacial score (nSPS) is 11.7. The number of Topliss-reactive ketones (excluding diaryl/α,β-unsaturated/α-hetero) is 1. The van der Waals surface area contributed by atoms with Gasteiger partial charge in [-0.1, -0.05) is 0 Å². The van der Waals surface area contributed by atoms with Crippen LogP contribution < -0.4 is 5.32 Å². The number of anilines is 1. The average Bonchev–Trinajstić information content (AvgIpc) is 3.19. The molecule has 0 aromatic carbocycles. The number of rotatable bonds is 7. The topological polar surface area (TPSA) is 133 Å². The van der Waals surface area contributed by atoms with Crippen molar-refractivity contribution in [2.24, 2.45) is 0 Å². The van der Waals surface area contributed by atoms with Crippen LogP contribution in [0.4, 0.5) is 10.7 Å². The molecule has 2 aromatic heterocycles. The van der Waals surface area contributed by atoms with E-state index in [2.05, 4.69) is 10.4 Å². The van der Waals surface area contributed by atoms with Crippen molar-refractivity contribution < 1.29 is 24.0 Å². The van der Waals surface area contributed by atoms with Crippen molar-refractivity contribution in [2.45, 2.75) is 33.7 Å². The molecule has 0 saturated heterocycles. The van der Waals surface area contributed by atoms with Crippen molar-refractivity contribution in [2.75, 3.05) is 11.9 Å². The van der Waals surface area contributed by atoms with Crippen LogP contribution in [0.3, 0.4) is 0 Å². The van der Waals surface area contributed by atoms with E-state index in [0.717, 1.165) is 28.4 Å². The van der Waals surface area contributed by atoms with Crippen molar-refractivity contribution in [3.05, 3.63) is 38.5 Å². The molecular weight excluding hydrogens is 376 g/mol. The van der Waals surface area contributed by atoms with Gasteiger partial charge < -0.3 is 10.1 Å². The molecule has 0 spiro atoms. The van der Waals surface area contributed by atoms with Gasteiger partial charge in [0, 0.05) is 0 Å². The van der Waals surface area contributed by atoms with E-state index >= 15 is 0 Å². The Kier molecular flexibility index (Phi) is 6.05. The van der Waals surface area contributed by atoms with Gasteiger partial charge in [-0.15, -0.1) is 11.3 Å². The van der Waals surface area contributed by atoms with Gasteiger partial charge in [-0.05, 0) is 33.3 Å². The highest BCUT2D eigenvalue weighted by molar-refractivity contribution is 7.18. The minimum absolute atomic E-state index is 0.124. The summed E-state index contributed by atoms with van der Waals surface area (Å²) < 4.78 is 6.15. The minimum atomic E-state index is -0.878. The Bertz CT molecular complexity index is 916. The number of aromatic nitrogens is 2. The number of carbonyl (C=O) groups is 3. The first-order valence-corrected chi connectivity index (χ1v) is 8.79. The number of hydrogen-bond acceptors (Lipinski definition) is 8. The summed E-state index contributed by atoms with van der Waals surface area (Å²) in [5.41, 5.74) is 0.315. The van der Waals surface area contributed by atoms with E-state index in [9.17, 15) is 24.5 Å². The van der Waals surface area contributed by atoms with Crippen molar-refractivity contribution in [3.63, 3.8) is 0 Å². The van der Waals surface area contributed by atoms with Gasteiger partial charge in [0.05, 0.1) is 22.0 Å². The summed E-state index contributed by atoms with van der Waals surface area (Å²) in [5, 5.41) is 17.4. The number of thiophene rings is 1. The third-order valence-corrected chi connectivity index (χ3v) is 5.07. The molecule has 11 heteroatoms. The molecule has 144 valence electrons. The number of amides is 1. The highest BCUT2D eigenvalue weighted by atomic mass is 32.1. The third-order valence-electron chi connectivity index (χ3n) is 3.76. The van der Waals surface area contributed by atoms with Crippen LogP contribution in [0.1, 0.15) is 52.4 Å². The number of nitrogens with zero attached hydrogens (tertiary/aromatic N) is 3. The Hall–Kier alpha value is -3.08. The highest BCUT2D eigenvalue weighted by Gasteiger charge is 2.27. The van der Waals surface area contributed by atoms with Crippen LogP contribution in [0, 0.1) is 17.0 Å². The lowest BCUT2D eigenvalue weighted by molar-refractivity contribution is -0.385. The number of ether oxygens (including phenoxy) is 1. The molecule has 1 N–H and O–H groups in total. The van der Waals surface area contributed by atoms with Crippen molar-refractivity contribution >= 4 is 39.7 Å². The van der Waals surface area contributed by atoms with Gasteiger partial charge in [-0.25, -0.2) is 4.79 Å². The van der Waals surface area contributed by atoms with Crippen LogP contribution in [0.25, 0.3) is 0 Å². The zero-order valence-electron chi connectivity index (χ0n) is 15.1. The lowest BCUT2D eigenvalue weighted by atomic mass is 10.1. The lowest BCUT2D eigenvalue weighted by Gasteiger charge is -2.12. The largest absolute Gasteiger partial charge is 0.462 e. The fourth-order valence-electron chi connectivity index (χ4n) is 2.36. The molecule has 0 fully saturated rings. The molecule has 10 nitrogen and oxygen atoms in total. The van der Waals surface area contributed by atoms with E-state index < -0.39 is 22.8 Å². The van der Waals surface area contributed by atoms with Crippen LogP contribution in [0.5, 0.6) is 0 Å². The second-order valence-electron chi connectivity index (χ2n) is 5.64. The SMILES string of the molecule is CCOC(=O)c1c(NC(=O)C(C)n2cc([N+](=O)[O-])cn2)sc(C(C)=O)c1C. The van der Waals surface area contributed by atoms with Crippen LogP contribution in [0.15, 0.2) is 12.4 Å². The van der Waals surface area contributed by atoms with E-state index in [4.69, 9.17) is 4.74 Å². The molecule has 2 aromatic rings. The summed E-state index contributed by atoms with van der Waals surface area (Å²) >= 11 is 0.979. The molecule has 27 heavy (non-hydrogen) atoms. The maximum Gasteiger partial charge on any atom is 0.341 e. The van der Waals surface area contributed by atoms with Crippen LogP contribution in [-0.4, -0.2) is 39.0 Å². The third kappa shape index (κ3) is 4.19. The first-order chi connectivity index (χ1) is 12.7. The predicted molar refractivity (Wildman–Crippen MR) is 97.2 cm³/mol. The highest BCUT2D eigenvalue weighted by Crippen LogP contribution is 2.34. The van der Waals surface area contributed by atoms with E-state index in [1.807, 2.05) is 0 Å². The Morgan fingerprint density at radius 2 is 2.11 bits per heavy atom. The summed E-state index contributed by atoms with van der Waals surface area (Å²) in [5.74, 6) is -1.43. The van der Waals surface area contributed by atoms with Crippen molar-refractivity contribution in [1.82, 2.24) is 9.78 Å². The van der Waals surface area contributed by atoms with Gasteiger partial charge in [-0.2, -0.15) is 5.10 Å². The minimum Gasteiger partial charge on any atom is -0.462 e. The quantitative estimate of drug-likeness (QED) is 0.330. The van der Waals surface area contributed by atoms with Gasteiger partial charge >= 0.3 is 11.7 Å². The summed E-state index contributed by atoms with van der Waals surface area (Å²) in [6.45, 7) is 6.27. The first kappa shape index (κ1) is 20.2. The molecule has 0 radical (unpaired) electrons. The van der Waals surface area contributed by atoms with E-state index in [0.29, 0.717) is 10.4 Å². The van der Waals surface area contributed by atoms with Gasteiger partial charge in [0.1, 0.15) is 23.4 Å². The van der Waals surface area contributed by atoms with Crippen LogP contribution in [0.2, 0.25) is 0 Å². The molecule has 1 unspecified atom stereocenters. The van der Waals surface area contributed by atoms with Gasteiger partial charge in [0.25, 0.3) is 0 Å². The van der Waals surface area contributed by atoms with Crippen molar-refractivity contribution in [1.29, 1.82) is 0 Å². The van der Waals surface area contributed by atoms with Gasteiger partial charge in [0.15, 0.2) is 5.78 Å². The second kappa shape index (κ2) is 8.08. The summed E-state index contributed by atoms with van der Waals surface area (Å²) in [7, 11) is 0. The smallest absolute Gasteiger partial charge is 0.341 e. The molecule has 0 aliphatic rings. The number of ketones is 1. The lowest BCUT2D eigenvalue weighted by Crippen LogP contribution is -2.24. The van der Waals surface area contributed by atoms with E-state index in [1.54, 1.807) is 13.8 Å². The molecule has 0 aliphatic heterocycles. The number of nitro groups is 1. The molecule has 1 atom stereocenters. The Labute approximate surface area is 158 Å². The van der Waals surface area contributed by atoms with Gasteiger partial charge in [0.2, 0.25) is 5.91 Å². The number of carbonyl (C=O) groups excluding carboxylic acids is 3. The number of esters is 1. The first-order valence-electron chi connectivity index (χ1n) is 7.98. The maximum atomic E-state index is 12.5. The molecule has 2 rings (SSSR count). The average molecular weight is 394 g/mol. The fourth-order valence-corrected chi connectivity index (χ4v) is 3.45. The Morgan fingerprint density at radius 3 is 2.63 bits per heavy atom. The fraction of sp³-hybridized carbons (Fsp3) is 0.375. The van der Waals surface area contributed by atoms with Crippen LogP contribution >= 0.6 is 11.3 Å². The van der Waals surface area contributed by atoms with E-state index in [-0.39, 0.29) is 28.6 Å². The molecule has 1 amide bonds. The zero-order chi connectivity index (χ0) is 20.3. The summed E-state index contributed by atoms with van der Waals surface area (Å²) in [6.07, 6.45) is 2.17. The molecule has 0 aliphatic carbocycles. The van der Waals surface area contributed by atoms with Crippen LogP contribution in [-0.2, 0) is 9.53 Å². The predicted octanol–water partition coefficient (Wildman–Crippen LogP) is 2.74. The molecular formula is C16H18N4O6S. The molecule has 0 saturated carbocycles. The number of nitrogens with one attached hydrogen (secondary N) is 1. The summed E-state index contributed by atoms with van der Waals surface area (Å²) in [4.78, 5) is 47.1. The van der Waals surface area contributed by atoms with Gasteiger partial charge in [-0.3, -0.25) is 24.4 Å². The Morgan fingerprint density at radius 1 is 1.44 bits per heavy atom. The summed E-state index contributed by atoms with van der Waals surface area (Å²) in [6, 6.07) is -0.878. The van der Waals surface area contributed by atoms with E-state index in [1.165, 1.54) is 13.8 Å². The molecule has 0 bridgehead atoms. The second-order valence-corrected chi connectivity index (χ2v) is 6.66. The van der Waals surface area contributed by atoms with Crippen molar-refractivity contribution in [3.8, 4) is 0 Å². The number of hydrogen-bond donors (Lipinski definition) is 1. The zero-order valence-corrected chi connectivity index (χ0v) is 16.0. The standard InChI is InChI=1S/C16H18N4O6S/c1-5-26-16(23)12-8(2)13(10(4)21)27-15(12)18-14(22)9(3)19-7-11(6-17-19)20(24)25/h6-7,9H,5H2,1-4H3,(H,18,22). The maximum absolute atomic E-state index is 12.5.